The van der Waals surface area contributed by atoms with Crippen LogP contribution in [-0.2, 0) is 6.42 Å². The summed E-state index contributed by atoms with van der Waals surface area (Å²) >= 11 is 0. The Morgan fingerprint density at radius 1 is 0.867 bits per heavy atom. The maximum absolute atomic E-state index is 4.38. The van der Waals surface area contributed by atoms with Gasteiger partial charge in [-0.1, -0.05) is 30.3 Å². The molecule has 0 N–H and O–H groups in total. The van der Waals surface area contributed by atoms with Crippen molar-refractivity contribution >= 4 is 0 Å². The third-order valence-electron chi connectivity index (χ3n) is 2.39. The molecule has 2 aromatic rings. The molecule has 0 spiro atoms. The van der Waals surface area contributed by atoms with Crippen molar-refractivity contribution < 1.29 is 0 Å². The minimum absolute atomic E-state index is 0.991. The average molecular weight is 197 g/mol. The Kier molecular flexibility index (Phi) is 2.82. The molecule has 0 aliphatic heterocycles. The van der Waals surface area contributed by atoms with Gasteiger partial charge >= 0.3 is 0 Å². The molecule has 1 aromatic carbocycles. The lowest BCUT2D eigenvalue weighted by Crippen LogP contribution is -1.93. The molecule has 0 fully saturated rings. The fraction of sp³-hybridized carbons (Fsp3) is 0.214. The first kappa shape index (κ1) is 9.91. The van der Waals surface area contributed by atoms with Gasteiger partial charge in [0.05, 0.1) is 0 Å². The molecule has 0 aliphatic carbocycles. The van der Waals surface area contributed by atoms with Crippen LogP contribution in [0.4, 0.5) is 0 Å². The van der Waals surface area contributed by atoms with Crippen LogP contribution in [0.5, 0.6) is 0 Å². The van der Waals surface area contributed by atoms with Crippen molar-refractivity contribution in [3.05, 3.63) is 65.0 Å². The average Bonchev–Trinajstić information content (AvgIpc) is 2.17. The summed E-state index contributed by atoms with van der Waals surface area (Å²) in [5.74, 6) is 0. The molecule has 0 saturated heterocycles. The Balaban J connectivity index is 2.25. The predicted octanol–water partition coefficient (Wildman–Crippen LogP) is 3.29. The number of nitrogens with zero attached hydrogens (tertiary/aromatic N) is 1. The van der Waals surface area contributed by atoms with Gasteiger partial charge in [-0.25, -0.2) is 0 Å². The molecule has 0 saturated carbocycles. The van der Waals surface area contributed by atoms with E-state index in [1.165, 1.54) is 11.1 Å². The van der Waals surface area contributed by atoms with Crippen molar-refractivity contribution in [3.8, 4) is 0 Å². The van der Waals surface area contributed by atoms with Crippen LogP contribution < -0.4 is 0 Å². The van der Waals surface area contributed by atoms with Gasteiger partial charge in [-0.05, 0) is 43.5 Å². The third kappa shape index (κ3) is 2.66. The van der Waals surface area contributed by atoms with Crippen molar-refractivity contribution in [1.29, 1.82) is 0 Å². The van der Waals surface area contributed by atoms with Crippen molar-refractivity contribution in [2.75, 3.05) is 0 Å². The molecule has 0 bridgehead atoms. The minimum Gasteiger partial charge on any atom is -0.258 e. The SMILES string of the molecule is Cc1cc(Cc2ccccc2)cc(C)n1. The largest absolute Gasteiger partial charge is 0.258 e. The monoisotopic (exact) mass is 197 g/mol. The molecule has 0 radical (unpaired) electrons. The standard InChI is InChI=1S/C14H15N/c1-11-8-14(9-12(2)15-11)10-13-6-4-3-5-7-13/h3-9H,10H2,1-2H3. The van der Waals surface area contributed by atoms with Crippen molar-refractivity contribution in [2.45, 2.75) is 20.3 Å². The number of hydrogen-bond acceptors (Lipinski definition) is 1. The summed E-state index contributed by atoms with van der Waals surface area (Å²) in [4.78, 5) is 4.38. The quantitative estimate of drug-likeness (QED) is 0.720. The zero-order valence-electron chi connectivity index (χ0n) is 9.20. The Morgan fingerprint density at radius 2 is 1.47 bits per heavy atom. The van der Waals surface area contributed by atoms with Gasteiger partial charge in [0.15, 0.2) is 0 Å². The zero-order chi connectivity index (χ0) is 10.7. The van der Waals surface area contributed by atoms with Crippen molar-refractivity contribution in [2.24, 2.45) is 0 Å². The number of hydrogen-bond donors (Lipinski definition) is 0. The number of rotatable bonds is 2. The molecule has 0 aliphatic rings. The van der Waals surface area contributed by atoms with Crippen LogP contribution in [0.3, 0.4) is 0 Å². The van der Waals surface area contributed by atoms with Crippen molar-refractivity contribution in [1.82, 2.24) is 4.98 Å². The lowest BCUT2D eigenvalue weighted by atomic mass is 10.0. The summed E-state index contributed by atoms with van der Waals surface area (Å²) in [6, 6.07) is 14.8. The first-order valence-electron chi connectivity index (χ1n) is 5.22. The van der Waals surface area contributed by atoms with Gasteiger partial charge in [-0.2, -0.15) is 0 Å². The van der Waals surface area contributed by atoms with Crippen LogP contribution in [-0.4, -0.2) is 4.98 Å². The maximum atomic E-state index is 4.38. The van der Waals surface area contributed by atoms with E-state index in [9.17, 15) is 0 Å². The zero-order valence-corrected chi connectivity index (χ0v) is 9.20. The lowest BCUT2D eigenvalue weighted by molar-refractivity contribution is 1.07. The topological polar surface area (TPSA) is 12.9 Å². The molecule has 15 heavy (non-hydrogen) atoms. The first-order chi connectivity index (χ1) is 7.24. The van der Waals surface area contributed by atoms with Crippen molar-refractivity contribution in [3.63, 3.8) is 0 Å². The molecular weight excluding hydrogens is 182 g/mol. The number of pyridine rings is 1. The summed E-state index contributed by atoms with van der Waals surface area (Å²) in [7, 11) is 0. The van der Waals surface area contributed by atoms with E-state index in [4.69, 9.17) is 0 Å². The maximum Gasteiger partial charge on any atom is 0.0378 e. The highest BCUT2D eigenvalue weighted by molar-refractivity contribution is 5.27. The van der Waals surface area contributed by atoms with Gasteiger partial charge in [-0.15, -0.1) is 0 Å². The molecule has 1 aromatic heterocycles. The Labute approximate surface area is 90.8 Å². The number of aryl methyl sites for hydroxylation is 2. The summed E-state index contributed by atoms with van der Waals surface area (Å²) in [6.07, 6.45) is 0.991. The highest BCUT2D eigenvalue weighted by Gasteiger charge is 1.98. The third-order valence-corrected chi connectivity index (χ3v) is 2.39. The van der Waals surface area contributed by atoms with Crippen LogP contribution in [0.2, 0.25) is 0 Å². The highest BCUT2D eigenvalue weighted by atomic mass is 14.7. The molecule has 0 atom stereocenters. The summed E-state index contributed by atoms with van der Waals surface area (Å²) in [5.41, 5.74) is 4.88. The van der Waals surface area contributed by atoms with Gasteiger partial charge in [0.1, 0.15) is 0 Å². The van der Waals surface area contributed by atoms with Crippen LogP contribution in [0.25, 0.3) is 0 Å². The molecule has 1 heterocycles. The number of benzene rings is 1. The van der Waals surface area contributed by atoms with Crippen LogP contribution in [0.1, 0.15) is 22.5 Å². The van der Waals surface area contributed by atoms with E-state index < -0.39 is 0 Å². The van der Waals surface area contributed by atoms with E-state index in [0.29, 0.717) is 0 Å². The molecule has 2 rings (SSSR count). The second-order valence-electron chi connectivity index (χ2n) is 3.92. The molecular formula is C14H15N. The van der Waals surface area contributed by atoms with E-state index in [1.54, 1.807) is 0 Å². The predicted molar refractivity (Wildman–Crippen MR) is 63.0 cm³/mol. The van der Waals surface area contributed by atoms with E-state index in [-0.39, 0.29) is 0 Å². The Hall–Kier alpha value is -1.63. The van der Waals surface area contributed by atoms with Gasteiger partial charge in [0.25, 0.3) is 0 Å². The molecule has 0 unspecified atom stereocenters. The Bertz CT molecular complexity index is 426. The van der Waals surface area contributed by atoms with Crippen LogP contribution >= 0.6 is 0 Å². The lowest BCUT2D eigenvalue weighted by Gasteiger charge is -2.04. The van der Waals surface area contributed by atoms with Crippen LogP contribution in [0.15, 0.2) is 42.5 Å². The molecule has 76 valence electrons. The van der Waals surface area contributed by atoms with Crippen LogP contribution in [0, 0.1) is 13.8 Å². The van der Waals surface area contributed by atoms with E-state index in [2.05, 4.69) is 41.4 Å². The number of aromatic nitrogens is 1. The highest BCUT2D eigenvalue weighted by Crippen LogP contribution is 2.11. The molecule has 1 nitrogen and oxygen atoms in total. The molecule has 1 heteroatoms. The smallest absolute Gasteiger partial charge is 0.0378 e. The van der Waals surface area contributed by atoms with E-state index >= 15 is 0 Å². The normalized spacial score (nSPS) is 10.3. The van der Waals surface area contributed by atoms with Gasteiger partial charge in [0, 0.05) is 11.4 Å². The fourth-order valence-electron chi connectivity index (χ4n) is 1.85. The van der Waals surface area contributed by atoms with Gasteiger partial charge in [0.2, 0.25) is 0 Å². The first-order valence-corrected chi connectivity index (χ1v) is 5.22. The summed E-state index contributed by atoms with van der Waals surface area (Å²) in [5, 5.41) is 0. The van der Waals surface area contributed by atoms with E-state index in [0.717, 1.165) is 17.8 Å². The Morgan fingerprint density at radius 3 is 2.07 bits per heavy atom. The van der Waals surface area contributed by atoms with E-state index in [1.807, 2.05) is 19.9 Å². The fourth-order valence-corrected chi connectivity index (χ4v) is 1.85. The summed E-state index contributed by atoms with van der Waals surface area (Å²) < 4.78 is 0. The van der Waals surface area contributed by atoms with Gasteiger partial charge < -0.3 is 0 Å². The minimum atomic E-state index is 0.991. The van der Waals surface area contributed by atoms with Gasteiger partial charge in [-0.3, -0.25) is 4.98 Å². The second-order valence-corrected chi connectivity index (χ2v) is 3.92. The molecule has 0 amide bonds. The second kappa shape index (κ2) is 4.26. The summed E-state index contributed by atoms with van der Waals surface area (Å²) in [6.45, 7) is 4.09.